The first-order valence-electron chi connectivity index (χ1n) is 4.42. The average molecular weight is 280 g/mol. The Labute approximate surface area is 101 Å². The zero-order valence-corrected chi connectivity index (χ0v) is 11.6. The van der Waals surface area contributed by atoms with Crippen molar-refractivity contribution in [3.63, 3.8) is 0 Å². The fourth-order valence-corrected chi connectivity index (χ4v) is 3.42. The Bertz CT molecular complexity index is 530. The summed E-state index contributed by atoms with van der Waals surface area (Å²) in [7, 11) is -4.57. The molecule has 0 aromatic carbocycles. The van der Waals surface area contributed by atoms with Crippen LogP contribution in [0.4, 0.5) is 0 Å². The van der Waals surface area contributed by atoms with E-state index < -0.39 is 20.8 Å². The number of rotatable bonds is 4. The third kappa shape index (κ3) is 3.46. The molecule has 0 aliphatic heterocycles. The van der Waals surface area contributed by atoms with Crippen molar-refractivity contribution in [2.24, 2.45) is 4.40 Å². The van der Waals surface area contributed by atoms with Crippen LogP contribution in [0.5, 0.6) is 0 Å². The van der Waals surface area contributed by atoms with Gasteiger partial charge in [-0.3, -0.25) is 0 Å². The number of nitrogens with zero attached hydrogens (tertiary/aromatic N) is 2. The largest absolute Gasteiger partial charge is 0.235 e. The molecule has 0 radical (unpaired) electrons. The third-order valence-corrected chi connectivity index (χ3v) is 4.88. The molecule has 0 bridgehead atoms. The maximum absolute atomic E-state index is 11.2. The van der Waals surface area contributed by atoms with Crippen molar-refractivity contribution >= 4 is 37.9 Å². The van der Waals surface area contributed by atoms with Crippen LogP contribution in [0, 0.1) is 0 Å². The lowest BCUT2D eigenvalue weighted by Crippen LogP contribution is -1.97. The highest BCUT2D eigenvalue weighted by molar-refractivity contribution is 7.92. The SMILES string of the molecule is CCC(=NS(C)=O)c1cnc(S(C)(=O)=O)s1. The van der Waals surface area contributed by atoms with Gasteiger partial charge in [-0.05, 0) is 6.42 Å². The van der Waals surface area contributed by atoms with Gasteiger partial charge in [0.05, 0.1) is 10.6 Å². The van der Waals surface area contributed by atoms with Crippen molar-refractivity contribution in [2.75, 3.05) is 12.5 Å². The molecule has 0 saturated heterocycles. The molecular formula is C8H12N2O3S3. The van der Waals surface area contributed by atoms with Crippen LogP contribution in [0.25, 0.3) is 0 Å². The first-order chi connectivity index (χ1) is 7.34. The fraction of sp³-hybridized carbons (Fsp3) is 0.500. The summed E-state index contributed by atoms with van der Waals surface area (Å²) in [6.07, 6.45) is 4.62. The highest BCUT2D eigenvalue weighted by atomic mass is 32.2. The molecule has 1 heterocycles. The molecule has 0 aliphatic carbocycles. The van der Waals surface area contributed by atoms with Crippen molar-refractivity contribution in [3.8, 4) is 0 Å². The first-order valence-corrected chi connectivity index (χ1v) is 8.64. The van der Waals surface area contributed by atoms with Crippen LogP contribution in [0.3, 0.4) is 0 Å². The highest BCUT2D eigenvalue weighted by Crippen LogP contribution is 2.20. The Morgan fingerprint density at radius 2 is 2.25 bits per heavy atom. The van der Waals surface area contributed by atoms with Gasteiger partial charge in [0.25, 0.3) is 0 Å². The van der Waals surface area contributed by atoms with Crippen molar-refractivity contribution < 1.29 is 12.6 Å². The molecule has 1 rings (SSSR count). The third-order valence-electron chi connectivity index (χ3n) is 1.66. The molecule has 1 unspecified atom stereocenters. The molecule has 0 aliphatic rings. The van der Waals surface area contributed by atoms with Gasteiger partial charge in [-0.25, -0.2) is 17.6 Å². The van der Waals surface area contributed by atoms with Gasteiger partial charge in [-0.2, -0.15) is 4.40 Å². The topological polar surface area (TPSA) is 76.5 Å². The van der Waals surface area contributed by atoms with Gasteiger partial charge >= 0.3 is 0 Å². The quantitative estimate of drug-likeness (QED) is 0.772. The van der Waals surface area contributed by atoms with Gasteiger partial charge in [0, 0.05) is 18.7 Å². The minimum absolute atomic E-state index is 0.0607. The minimum Gasteiger partial charge on any atom is -0.235 e. The van der Waals surface area contributed by atoms with Crippen molar-refractivity contribution in [2.45, 2.75) is 17.7 Å². The Morgan fingerprint density at radius 1 is 1.62 bits per heavy atom. The van der Waals surface area contributed by atoms with Crippen LogP contribution < -0.4 is 0 Å². The Balaban J connectivity index is 3.15. The van der Waals surface area contributed by atoms with Crippen LogP contribution in [-0.4, -0.2) is 35.8 Å². The van der Waals surface area contributed by atoms with Crippen molar-refractivity contribution in [1.82, 2.24) is 4.98 Å². The molecular weight excluding hydrogens is 268 g/mol. The van der Waals surface area contributed by atoms with E-state index in [0.29, 0.717) is 17.0 Å². The van der Waals surface area contributed by atoms with E-state index in [9.17, 15) is 12.6 Å². The second-order valence-corrected chi connectivity index (χ2v) is 7.33. The smallest absolute Gasteiger partial charge is 0.209 e. The minimum atomic E-state index is -3.28. The van der Waals surface area contributed by atoms with E-state index in [4.69, 9.17) is 0 Å². The van der Waals surface area contributed by atoms with Crippen LogP contribution in [0.15, 0.2) is 14.9 Å². The molecule has 5 nitrogen and oxygen atoms in total. The van der Waals surface area contributed by atoms with Gasteiger partial charge in [0.1, 0.15) is 11.0 Å². The summed E-state index contributed by atoms with van der Waals surface area (Å²) in [5.74, 6) is 0. The van der Waals surface area contributed by atoms with Gasteiger partial charge < -0.3 is 0 Å². The van der Waals surface area contributed by atoms with Gasteiger partial charge in [0.15, 0.2) is 0 Å². The number of aromatic nitrogens is 1. The average Bonchev–Trinajstić information content (AvgIpc) is 2.61. The lowest BCUT2D eigenvalue weighted by atomic mass is 10.3. The number of hydrogen-bond donors (Lipinski definition) is 0. The van der Waals surface area contributed by atoms with Gasteiger partial charge in [-0.1, -0.05) is 6.92 Å². The van der Waals surface area contributed by atoms with Crippen molar-refractivity contribution in [3.05, 3.63) is 11.1 Å². The summed E-state index contributed by atoms with van der Waals surface area (Å²) in [6.45, 7) is 1.87. The maximum Gasteiger partial charge on any atom is 0.209 e. The van der Waals surface area contributed by atoms with E-state index in [1.807, 2.05) is 6.92 Å². The Morgan fingerprint density at radius 3 is 2.62 bits per heavy atom. The summed E-state index contributed by atoms with van der Waals surface area (Å²) in [5, 5.41) is 0. The molecule has 90 valence electrons. The predicted octanol–water partition coefficient (Wildman–Crippen LogP) is 1.04. The molecule has 16 heavy (non-hydrogen) atoms. The Hall–Kier alpha value is -0.600. The van der Waals surface area contributed by atoms with Gasteiger partial charge in [0.2, 0.25) is 14.2 Å². The summed E-state index contributed by atoms with van der Waals surface area (Å²) in [5.41, 5.74) is 0.619. The fourth-order valence-electron chi connectivity index (χ4n) is 1.00. The van der Waals surface area contributed by atoms with E-state index in [1.165, 1.54) is 12.5 Å². The monoisotopic (exact) mass is 280 g/mol. The summed E-state index contributed by atoms with van der Waals surface area (Å²) < 4.78 is 37.4. The molecule has 0 saturated carbocycles. The second-order valence-electron chi connectivity index (χ2n) is 3.08. The summed E-state index contributed by atoms with van der Waals surface area (Å²) in [4.78, 5) is 4.47. The Kier molecular flexibility index (Phi) is 4.34. The molecule has 0 spiro atoms. The summed E-state index contributed by atoms with van der Waals surface area (Å²) in [6, 6.07) is 0. The van der Waals surface area contributed by atoms with Crippen molar-refractivity contribution in [1.29, 1.82) is 0 Å². The van der Waals surface area contributed by atoms with Crippen LogP contribution in [-0.2, 0) is 20.8 Å². The lowest BCUT2D eigenvalue weighted by Gasteiger charge is -1.96. The lowest BCUT2D eigenvalue weighted by molar-refractivity contribution is 0.601. The number of thiazole rings is 1. The second kappa shape index (κ2) is 5.15. The molecule has 0 fully saturated rings. The number of sulfone groups is 1. The zero-order valence-electron chi connectivity index (χ0n) is 9.13. The molecule has 1 aromatic heterocycles. The van der Waals surface area contributed by atoms with E-state index in [1.54, 1.807) is 0 Å². The van der Waals surface area contributed by atoms with E-state index in [-0.39, 0.29) is 4.34 Å². The highest BCUT2D eigenvalue weighted by Gasteiger charge is 2.15. The normalized spacial score (nSPS) is 15.1. The summed E-state index contributed by atoms with van der Waals surface area (Å²) >= 11 is 1.05. The van der Waals surface area contributed by atoms with E-state index in [2.05, 4.69) is 9.38 Å². The molecule has 0 N–H and O–H groups in total. The molecule has 1 atom stereocenters. The predicted molar refractivity (Wildman–Crippen MR) is 66.1 cm³/mol. The number of hydrogen-bond acceptors (Lipinski definition) is 5. The van der Waals surface area contributed by atoms with Gasteiger partial charge in [-0.15, -0.1) is 11.3 Å². The first kappa shape index (κ1) is 13.5. The van der Waals surface area contributed by atoms with E-state index >= 15 is 0 Å². The van der Waals surface area contributed by atoms with Crippen LogP contribution in [0.1, 0.15) is 18.2 Å². The van der Waals surface area contributed by atoms with E-state index in [0.717, 1.165) is 17.6 Å². The zero-order chi connectivity index (χ0) is 12.3. The van der Waals surface area contributed by atoms with Crippen LogP contribution in [0.2, 0.25) is 0 Å². The molecule has 1 aromatic rings. The standard InChI is InChI=1S/C8H12N2O3S3/c1-4-6(10-15(2)11)7-5-9-8(14-7)16(3,12)13/h5H,4H2,1-3H3. The molecule has 8 heteroatoms. The maximum atomic E-state index is 11.2. The molecule has 0 amide bonds. The van der Waals surface area contributed by atoms with Crippen LogP contribution >= 0.6 is 11.3 Å².